The molecule has 0 spiro atoms. The molecule has 5 rings (SSSR count). The van der Waals surface area contributed by atoms with Crippen LogP contribution in [0.4, 0.5) is 0 Å². The fourth-order valence-corrected chi connectivity index (χ4v) is 5.04. The van der Waals surface area contributed by atoms with Gasteiger partial charge in [0, 0.05) is 18.5 Å². The molecule has 0 aromatic heterocycles. The summed E-state index contributed by atoms with van der Waals surface area (Å²) in [5.74, 6) is 1.04. The smallest absolute Gasteiger partial charge is 0.258 e. The summed E-state index contributed by atoms with van der Waals surface area (Å²) in [7, 11) is 2.37. The molecule has 2 aromatic carbocycles. The Morgan fingerprint density at radius 1 is 1.12 bits per heavy atom. The predicted octanol–water partition coefficient (Wildman–Crippen LogP) is 4.67. The van der Waals surface area contributed by atoms with Crippen molar-refractivity contribution in [2.75, 3.05) is 26.7 Å². The van der Waals surface area contributed by atoms with Crippen LogP contribution in [0.2, 0.25) is 0 Å². The van der Waals surface area contributed by atoms with E-state index in [9.17, 15) is 4.79 Å². The molecule has 3 fully saturated rings. The number of hydrogen-bond acceptors (Lipinski definition) is 1. The van der Waals surface area contributed by atoms with Crippen molar-refractivity contribution in [2.45, 2.75) is 45.2 Å². The van der Waals surface area contributed by atoms with Gasteiger partial charge in [-0.2, -0.15) is 0 Å². The lowest BCUT2D eigenvalue weighted by Crippen LogP contribution is -2.68. The number of unbranched alkanes of at least 4 members (excludes halogenated alkanes) is 1. The normalized spacial score (nSPS) is 27.6. The molecule has 3 saturated heterocycles. The van der Waals surface area contributed by atoms with E-state index in [0.717, 1.165) is 46.1 Å². The first kappa shape index (κ1) is 17.5. The highest BCUT2D eigenvalue weighted by Crippen LogP contribution is 2.39. The highest BCUT2D eigenvalue weighted by molar-refractivity contribution is 6.07. The third kappa shape index (κ3) is 3.03. The zero-order valence-electron chi connectivity index (χ0n) is 16.2. The summed E-state index contributed by atoms with van der Waals surface area (Å²) in [6.07, 6.45) is 6.39. The third-order valence-electron chi connectivity index (χ3n) is 6.75. The molecule has 0 aliphatic carbocycles. The molecule has 1 amide bonds. The number of amides is 1. The average Bonchev–Trinajstić information content (AvgIpc) is 2.68. The van der Waals surface area contributed by atoms with Crippen molar-refractivity contribution in [3.63, 3.8) is 0 Å². The van der Waals surface area contributed by atoms with Crippen LogP contribution >= 0.6 is 0 Å². The lowest BCUT2D eigenvalue weighted by Gasteiger charge is -2.55. The Morgan fingerprint density at radius 2 is 1.85 bits per heavy atom. The number of rotatable bonds is 5. The van der Waals surface area contributed by atoms with Gasteiger partial charge in [-0.25, -0.2) is 0 Å². The molecule has 0 radical (unpaired) electrons. The Morgan fingerprint density at radius 3 is 2.58 bits per heavy atom. The second-order valence-corrected chi connectivity index (χ2v) is 8.47. The van der Waals surface area contributed by atoms with Crippen LogP contribution in [0.15, 0.2) is 42.5 Å². The molecule has 1 unspecified atom stereocenters. The first-order valence-corrected chi connectivity index (χ1v) is 10.3. The quantitative estimate of drug-likeness (QED) is 0.717. The van der Waals surface area contributed by atoms with Crippen LogP contribution in [0.3, 0.4) is 0 Å². The van der Waals surface area contributed by atoms with E-state index in [1.54, 1.807) is 0 Å². The molecule has 3 aliphatic rings. The number of hydrogen-bond donors (Lipinski definition) is 0. The van der Waals surface area contributed by atoms with Crippen molar-refractivity contribution in [3.05, 3.63) is 48.0 Å². The Labute approximate surface area is 157 Å². The summed E-state index contributed by atoms with van der Waals surface area (Å²) in [4.78, 5) is 15.9. The van der Waals surface area contributed by atoms with Gasteiger partial charge in [0.1, 0.15) is 0 Å². The molecule has 2 bridgehead atoms. The summed E-state index contributed by atoms with van der Waals surface area (Å²) in [5, 5.41) is 2.24. The lowest BCUT2D eigenvalue weighted by molar-refractivity contribution is -0.958. The van der Waals surface area contributed by atoms with Crippen LogP contribution in [0.1, 0.15) is 49.4 Å². The summed E-state index contributed by atoms with van der Waals surface area (Å²) in [6, 6.07) is 14.4. The van der Waals surface area contributed by atoms with Crippen molar-refractivity contribution in [1.82, 2.24) is 4.90 Å². The third-order valence-corrected chi connectivity index (χ3v) is 6.75. The molecule has 3 nitrogen and oxygen atoms in total. The maximum Gasteiger partial charge on any atom is 0.258 e. The zero-order chi connectivity index (χ0) is 18.1. The van der Waals surface area contributed by atoms with Gasteiger partial charge in [0.25, 0.3) is 5.91 Å². The molecule has 0 saturated carbocycles. The molecule has 3 aliphatic heterocycles. The van der Waals surface area contributed by atoms with Crippen molar-refractivity contribution in [1.29, 1.82) is 0 Å². The molecule has 26 heavy (non-hydrogen) atoms. The predicted molar refractivity (Wildman–Crippen MR) is 107 cm³/mol. The first-order chi connectivity index (χ1) is 12.6. The summed E-state index contributed by atoms with van der Waals surface area (Å²) in [5.41, 5.74) is 0.869. The van der Waals surface area contributed by atoms with Gasteiger partial charge in [-0.05, 0) is 42.0 Å². The van der Waals surface area contributed by atoms with Gasteiger partial charge in [0.15, 0.2) is 6.17 Å². The Kier molecular flexibility index (Phi) is 4.74. The molecule has 138 valence electrons. The monoisotopic (exact) mass is 351 g/mol. The van der Waals surface area contributed by atoms with Gasteiger partial charge >= 0.3 is 0 Å². The Hall–Kier alpha value is -1.87. The number of carbonyl (C=O) groups is 1. The van der Waals surface area contributed by atoms with E-state index in [1.165, 1.54) is 32.4 Å². The van der Waals surface area contributed by atoms with E-state index in [2.05, 4.69) is 37.1 Å². The highest BCUT2D eigenvalue weighted by Gasteiger charge is 2.48. The minimum Gasteiger partial charge on any atom is -0.306 e. The van der Waals surface area contributed by atoms with Gasteiger partial charge in [0.05, 0.1) is 20.1 Å². The lowest BCUT2D eigenvalue weighted by atomic mass is 9.83. The summed E-state index contributed by atoms with van der Waals surface area (Å²) < 4.78 is 1.05. The SMILES string of the molecule is CCCCN(C(=O)c1cccc2ccccc12)C1CC2CC[N+]1(C)CC2. The van der Waals surface area contributed by atoms with Crippen molar-refractivity contribution in [3.8, 4) is 0 Å². The average molecular weight is 352 g/mol. The zero-order valence-corrected chi connectivity index (χ0v) is 16.2. The topological polar surface area (TPSA) is 20.3 Å². The minimum absolute atomic E-state index is 0.229. The van der Waals surface area contributed by atoms with Crippen LogP contribution in [-0.4, -0.2) is 48.1 Å². The van der Waals surface area contributed by atoms with E-state index in [4.69, 9.17) is 0 Å². The van der Waals surface area contributed by atoms with Crippen LogP contribution in [0.5, 0.6) is 0 Å². The fraction of sp³-hybridized carbons (Fsp3) is 0.522. The van der Waals surface area contributed by atoms with Gasteiger partial charge < -0.3 is 4.48 Å². The van der Waals surface area contributed by atoms with E-state index in [1.807, 2.05) is 24.3 Å². The second-order valence-electron chi connectivity index (χ2n) is 8.47. The molecule has 3 heterocycles. The molecule has 3 heteroatoms. The number of nitrogens with zero attached hydrogens (tertiary/aromatic N) is 2. The van der Waals surface area contributed by atoms with Crippen LogP contribution in [0.25, 0.3) is 10.8 Å². The molecule has 0 N–H and O–H groups in total. The molecule has 2 aromatic rings. The Bertz CT molecular complexity index is 786. The van der Waals surface area contributed by atoms with E-state index >= 15 is 0 Å². The van der Waals surface area contributed by atoms with Crippen LogP contribution in [-0.2, 0) is 0 Å². The summed E-state index contributed by atoms with van der Waals surface area (Å²) >= 11 is 0. The van der Waals surface area contributed by atoms with Crippen LogP contribution in [0, 0.1) is 5.92 Å². The number of benzene rings is 2. The van der Waals surface area contributed by atoms with E-state index in [0.29, 0.717) is 6.17 Å². The fourth-order valence-electron chi connectivity index (χ4n) is 5.04. The maximum atomic E-state index is 13.7. The standard InChI is InChI=1S/C23H31N2O/c1-3-4-14-24(22-17-18-12-15-25(22,2)16-13-18)23(26)21-11-7-9-19-8-5-6-10-20(19)21/h5-11,18,22H,3-4,12-17H2,1-2H3/q+1. The Balaban J connectivity index is 1.71. The van der Waals surface area contributed by atoms with Gasteiger partial charge in [0.2, 0.25) is 0 Å². The second kappa shape index (κ2) is 7.03. The number of piperidine rings is 3. The van der Waals surface area contributed by atoms with Crippen molar-refractivity contribution < 1.29 is 9.28 Å². The van der Waals surface area contributed by atoms with Gasteiger partial charge in [-0.1, -0.05) is 49.7 Å². The van der Waals surface area contributed by atoms with E-state index < -0.39 is 0 Å². The van der Waals surface area contributed by atoms with E-state index in [-0.39, 0.29) is 5.91 Å². The van der Waals surface area contributed by atoms with Crippen molar-refractivity contribution in [2.24, 2.45) is 5.92 Å². The first-order valence-electron chi connectivity index (χ1n) is 10.3. The molecule has 1 atom stereocenters. The number of fused-ring (bicyclic) bond motifs is 4. The highest BCUT2D eigenvalue weighted by atomic mass is 16.2. The van der Waals surface area contributed by atoms with Gasteiger partial charge in [-0.15, -0.1) is 0 Å². The molecular weight excluding hydrogens is 320 g/mol. The van der Waals surface area contributed by atoms with Crippen molar-refractivity contribution >= 4 is 16.7 Å². The minimum atomic E-state index is 0.229. The van der Waals surface area contributed by atoms with Gasteiger partial charge in [-0.3, -0.25) is 9.69 Å². The number of carbonyl (C=O) groups excluding carboxylic acids is 1. The summed E-state index contributed by atoms with van der Waals surface area (Å²) in [6.45, 7) is 5.54. The molecular formula is C23H31N2O+. The number of quaternary nitrogens is 1. The maximum absolute atomic E-state index is 13.7. The largest absolute Gasteiger partial charge is 0.306 e. The van der Waals surface area contributed by atoms with Crippen LogP contribution < -0.4 is 0 Å².